The van der Waals surface area contributed by atoms with Gasteiger partial charge in [0.25, 0.3) is 11.8 Å². The molecular formula is C28H29BrN2O3. The van der Waals surface area contributed by atoms with E-state index in [9.17, 15) is 9.59 Å². The molecule has 3 aromatic carbocycles. The minimum Gasteiger partial charge on any atom is -0.492 e. The predicted molar refractivity (Wildman–Crippen MR) is 139 cm³/mol. The van der Waals surface area contributed by atoms with Crippen LogP contribution < -0.4 is 10.1 Å². The summed E-state index contributed by atoms with van der Waals surface area (Å²) in [7, 11) is 0. The largest absolute Gasteiger partial charge is 0.492 e. The second kappa shape index (κ2) is 11.8. The van der Waals surface area contributed by atoms with E-state index in [4.69, 9.17) is 4.74 Å². The molecule has 176 valence electrons. The zero-order valence-corrected chi connectivity index (χ0v) is 20.7. The quantitative estimate of drug-likeness (QED) is 0.395. The van der Waals surface area contributed by atoms with Crippen LogP contribution in [0.15, 0.2) is 77.3 Å². The molecule has 5 nitrogen and oxygen atoms in total. The fourth-order valence-electron chi connectivity index (χ4n) is 4.10. The number of anilines is 1. The predicted octanol–water partition coefficient (Wildman–Crippen LogP) is 6.34. The fourth-order valence-corrected chi connectivity index (χ4v) is 4.59. The number of para-hydroxylation sites is 1. The smallest absolute Gasteiger partial charge is 0.255 e. The van der Waals surface area contributed by atoms with Gasteiger partial charge in [-0.05, 0) is 64.7 Å². The van der Waals surface area contributed by atoms with E-state index in [0.717, 1.165) is 45.2 Å². The molecule has 1 fully saturated rings. The zero-order valence-electron chi connectivity index (χ0n) is 19.1. The van der Waals surface area contributed by atoms with E-state index in [1.165, 1.54) is 5.56 Å². The van der Waals surface area contributed by atoms with Gasteiger partial charge in [0.1, 0.15) is 5.75 Å². The Bertz CT molecular complexity index is 1130. The van der Waals surface area contributed by atoms with Gasteiger partial charge in [0.15, 0.2) is 0 Å². The molecule has 0 saturated carbocycles. The van der Waals surface area contributed by atoms with Crippen molar-refractivity contribution >= 4 is 33.4 Å². The highest BCUT2D eigenvalue weighted by molar-refractivity contribution is 9.10. The standard InChI is InChI=1S/C28H29BrN2O3/c29-24-20-22(14-15-26(24)34-19-16-21-10-4-3-5-11-21)27(32)30-25-13-7-6-12-23(25)28(33)31-17-8-1-2-9-18-31/h3-7,10-15,20H,1-2,8-9,16-19H2,(H,30,32). The van der Waals surface area contributed by atoms with Gasteiger partial charge in [-0.2, -0.15) is 0 Å². The Hall–Kier alpha value is -3.12. The molecule has 2 amide bonds. The fraction of sp³-hybridized carbons (Fsp3) is 0.286. The molecule has 0 radical (unpaired) electrons. The highest BCUT2D eigenvalue weighted by Gasteiger charge is 2.21. The topological polar surface area (TPSA) is 58.6 Å². The molecule has 1 N–H and O–H groups in total. The lowest BCUT2D eigenvalue weighted by atomic mass is 10.1. The first-order valence-electron chi connectivity index (χ1n) is 11.8. The third-order valence-corrected chi connectivity index (χ3v) is 6.60. The molecular weight excluding hydrogens is 492 g/mol. The van der Waals surface area contributed by atoms with E-state index in [-0.39, 0.29) is 11.8 Å². The first-order valence-corrected chi connectivity index (χ1v) is 12.6. The van der Waals surface area contributed by atoms with Crippen LogP contribution in [0.1, 0.15) is 52.0 Å². The first-order chi connectivity index (χ1) is 16.6. The van der Waals surface area contributed by atoms with Gasteiger partial charge >= 0.3 is 0 Å². The van der Waals surface area contributed by atoms with Crippen molar-refractivity contribution in [3.63, 3.8) is 0 Å². The van der Waals surface area contributed by atoms with Gasteiger partial charge < -0.3 is 15.0 Å². The lowest BCUT2D eigenvalue weighted by molar-refractivity contribution is 0.0762. The summed E-state index contributed by atoms with van der Waals surface area (Å²) in [6.07, 6.45) is 5.16. The minimum atomic E-state index is -0.271. The Morgan fingerprint density at radius 1 is 0.882 bits per heavy atom. The van der Waals surface area contributed by atoms with Gasteiger partial charge in [-0.15, -0.1) is 0 Å². The van der Waals surface area contributed by atoms with Crippen molar-refractivity contribution in [2.24, 2.45) is 0 Å². The molecule has 0 spiro atoms. The molecule has 3 aromatic rings. The Kier molecular flexibility index (Phi) is 8.36. The van der Waals surface area contributed by atoms with Crippen LogP contribution in [0.4, 0.5) is 5.69 Å². The molecule has 1 saturated heterocycles. The number of likely N-dealkylation sites (tertiary alicyclic amines) is 1. The molecule has 1 heterocycles. The van der Waals surface area contributed by atoms with Crippen LogP contribution in [0.3, 0.4) is 0 Å². The number of carbonyl (C=O) groups is 2. The van der Waals surface area contributed by atoms with Crippen LogP contribution in [-0.4, -0.2) is 36.4 Å². The van der Waals surface area contributed by atoms with Crippen molar-refractivity contribution in [2.75, 3.05) is 25.0 Å². The number of amides is 2. The molecule has 4 rings (SSSR count). The van der Waals surface area contributed by atoms with Crippen LogP contribution in [0.5, 0.6) is 5.75 Å². The number of hydrogen-bond donors (Lipinski definition) is 1. The molecule has 0 aliphatic carbocycles. The van der Waals surface area contributed by atoms with Gasteiger partial charge in [-0.1, -0.05) is 55.3 Å². The molecule has 0 unspecified atom stereocenters. The number of carbonyl (C=O) groups excluding carboxylic acids is 2. The van der Waals surface area contributed by atoms with E-state index >= 15 is 0 Å². The summed E-state index contributed by atoms with van der Waals surface area (Å²) in [4.78, 5) is 28.0. The average molecular weight is 521 g/mol. The number of ether oxygens (including phenoxy) is 1. The normalized spacial score (nSPS) is 13.7. The SMILES string of the molecule is O=C(Nc1ccccc1C(=O)N1CCCCCC1)c1ccc(OCCc2ccccc2)c(Br)c1. The molecule has 1 aliphatic rings. The Morgan fingerprint density at radius 3 is 2.32 bits per heavy atom. The molecule has 6 heteroatoms. The number of nitrogens with zero attached hydrogens (tertiary/aromatic N) is 1. The van der Waals surface area contributed by atoms with E-state index in [2.05, 4.69) is 33.4 Å². The van der Waals surface area contributed by atoms with Crippen molar-refractivity contribution in [3.8, 4) is 5.75 Å². The van der Waals surface area contributed by atoms with E-state index in [0.29, 0.717) is 33.6 Å². The summed E-state index contributed by atoms with van der Waals surface area (Å²) < 4.78 is 6.60. The number of benzene rings is 3. The van der Waals surface area contributed by atoms with Crippen LogP contribution in [-0.2, 0) is 6.42 Å². The Labute approximate surface area is 209 Å². The number of rotatable bonds is 7. The highest BCUT2D eigenvalue weighted by Crippen LogP contribution is 2.27. The van der Waals surface area contributed by atoms with Crippen molar-refractivity contribution in [3.05, 3.63) is 94.0 Å². The molecule has 1 aliphatic heterocycles. The third kappa shape index (κ3) is 6.26. The summed E-state index contributed by atoms with van der Waals surface area (Å²) in [5.41, 5.74) is 2.75. The van der Waals surface area contributed by atoms with Crippen LogP contribution in [0.25, 0.3) is 0 Å². The van der Waals surface area contributed by atoms with Crippen LogP contribution in [0.2, 0.25) is 0 Å². The monoisotopic (exact) mass is 520 g/mol. The number of halogens is 1. The second-order valence-corrected chi connectivity index (χ2v) is 9.29. The number of hydrogen-bond acceptors (Lipinski definition) is 3. The summed E-state index contributed by atoms with van der Waals surface area (Å²) in [5, 5.41) is 2.93. The summed E-state index contributed by atoms with van der Waals surface area (Å²) >= 11 is 3.52. The molecule has 0 bridgehead atoms. The van der Waals surface area contributed by atoms with E-state index in [1.54, 1.807) is 30.3 Å². The average Bonchev–Trinajstić information content (AvgIpc) is 3.15. The molecule has 0 atom stereocenters. The van der Waals surface area contributed by atoms with Gasteiger partial charge in [0.2, 0.25) is 0 Å². The number of nitrogens with one attached hydrogen (secondary N) is 1. The minimum absolute atomic E-state index is 0.0267. The van der Waals surface area contributed by atoms with Crippen molar-refractivity contribution < 1.29 is 14.3 Å². The summed E-state index contributed by atoms with van der Waals surface area (Å²) in [6, 6.07) is 22.6. The molecule has 0 aromatic heterocycles. The maximum Gasteiger partial charge on any atom is 0.255 e. The van der Waals surface area contributed by atoms with Gasteiger partial charge in [-0.25, -0.2) is 0 Å². The second-order valence-electron chi connectivity index (χ2n) is 8.44. The highest BCUT2D eigenvalue weighted by atomic mass is 79.9. The van der Waals surface area contributed by atoms with Gasteiger partial charge in [-0.3, -0.25) is 9.59 Å². The first kappa shape index (κ1) is 24.0. The Balaban J connectivity index is 1.41. The lowest BCUT2D eigenvalue weighted by Gasteiger charge is -2.22. The Morgan fingerprint density at radius 2 is 1.59 bits per heavy atom. The van der Waals surface area contributed by atoms with E-state index < -0.39 is 0 Å². The van der Waals surface area contributed by atoms with Crippen molar-refractivity contribution in [2.45, 2.75) is 32.1 Å². The van der Waals surface area contributed by atoms with E-state index in [1.807, 2.05) is 35.2 Å². The summed E-state index contributed by atoms with van der Waals surface area (Å²) in [6.45, 7) is 2.07. The maximum absolute atomic E-state index is 13.1. The van der Waals surface area contributed by atoms with Gasteiger partial charge in [0, 0.05) is 25.1 Å². The van der Waals surface area contributed by atoms with Crippen molar-refractivity contribution in [1.82, 2.24) is 4.90 Å². The van der Waals surface area contributed by atoms with Gasteiger partial charge in [0.05, 0.1) is 22.3 Å². The summed E-state index contributed by atoms with van der Waals surface area (Å²) in [5.74, 6) is 0.387. The maximum atomic E-state index is 13.1. The van der Waals surface area contributed by atoms with Crippen LogP contribution in [0, 0.1) is 0 Å². The lowest BCUT2D eigenvalue weighted by Crippen LogP contribution is -2.32. The molecule has 34 heavy (non-hydrogen) atoms. The van der Waals surface area contributed by atoms with Crippen LogP contribution >= 0.6 is 15.9 Å². The zero-order chi connectivity index (χ0) is 23.8. The van der Waals surface area contributed by atoms with Crippen molar-refractivity contribution in [1.29, 1.82) is 0 Å². The third-order valence-electron chi connectivity index (χ3n) is 5.98.